The maximum atomic E-state index is 11.5. The number of aryl methyl sites for hydroxylation is 2. The van der Waals surface area contributed by atoms with Crippen LogP contribution in [0.4, 0.5) is 9.59 Å². The third kappa shape index (κ3) is 6.42. The van der Waals surface area contributed by atoms with Crippen molar-refractivity contribution in [2.45, 2.75) is 109 Å². The molecule has 2 aliphatic rings. The van der Waals surface area contributed by atoms with E-state index in [-0.39, 0.29) is 17.6 Å². The lowest BCUT2D eigenvalue weighted by atomic mass is 9.51. The van der Waals surface area contributed by atoms with Crippen LogP contribution in [0.1, 0.15) is 100 Å². The molecule has 0 heterocycles. The van der Waals surface area contributed by atoms with Gasteiger partial charge in [-0.3, -0.25) is 0 Å². The molecule has 2 aliphatic carbocycles. The molecular formula is C33H46N2O4. The standard InChI is InChI=1S/C33H46N2O4/c1-3-9-23-11-5-7-13-29(23)33(30-14-8-6-12-24(30)10-4-2,25-15-19-27(20-16-25)38-31(34)36)26-17-21-28(22-18-26)39-32(35)37/h5-8,11-14,25-28H,3-4,9-10,15-22H2,1-2H3,(H2,34,36)(H2,35,37). The molecular weight excluding hydrogens is 488 g/mol. The number of primary amides is 2. The van der Waals surface area contributed by atoms with Gasteiger partial charge in [-0.1, -0.05) is 75.2 Å². The van der Waals surface area contributed by atoms with Crippen molar-refractivity contribution in [3.05, 3.63) is 70.8 Å². The van der Waals surface area contributed by atoms with Crippen LogP contribution in [0.3, 0.4) is 0 Å². The van der Waals surface area contributed by atoms with E-state index in [0.717, 1.165) is 77.0 Å². The fraction of sp³-hybridized carbons (Fsp3) is 0.576. The zero-order valence-electron chi connectivity index (χ0n) is 23.7. The zero-order chi connectivity index (χ0) is 27.8. The van der Waals surface area contributed by atoms with Crippen molar-refractivity contribution < 1.29 is 19.1 Å². The summed E-state index contributed by atoms with van der Waals surface area (Å²) in [6, 6.07) is 18.2. The second-order valence-corrected chi connectivity index (χ2v) is 11.5. The number of rotatable bonds is 10. The van der Waals surface area contributed by atoms with Gasteiger partial charge in [0.05, 0.1) is 0 Å². The van der Waals surface area contributed by atoms with Crippen molar-refractivity contribution in [1.29, 1.82) is 0 Å². The molecule has 39 heavy (non-hydrogen) atoms. The highest BCUT2D eigenvalue weighted by Gasteiger charge is 2.51. The lowest BCUT2D eigenvalue weighted by molar-refractivity contribution is 0.0275. The maximum absolute atomic E-state index is 11.5. The number of carbonyl (C=O) groups is 2. The molecule has 0 spiro atoms. The Morgan fingerprint density at radius 1 is 0.667 bits per heavy atom. The summed E-state index contributed by atoms with van der Waals surface area (Å²) in [5.41, 5.74) is 16.4. The summed E-state index contributed by atoms with van der Waals surface area (Å²) in [6.45, 7) is 4.50. The molecule has 2 aromatic rings. The van der Waals surface area contributed by atoms with E-state index >= 15 is 0 Å². The first-order valence-electron chi connectivity index (χ1n) is 15.0. The van der Waals surface area contributed by atoms with Crippen molar-refractivity contribution in [1.82, 2.24) is 0 Å². The van der Waals surface area contributed by atoms with E-state index in [4.69, 9.17) is 20.9 Å². The summed E-state index contributed by atoms with van der Waals surface area (Å²) in [5.74, 6) is 0.777. The van der Waals surface area contributed by atoms with Crippen LogP contribution in [0.25, 0.3) is 0 Å². The monoisotopic (exact) mass is 534 g/mol. The predicted octanol–water partition coefficient (Wildman–Crippen LogP) is 7.19. The van der Waals surface area contributed by atoms with E-state index < -0.39 is 12.2 Å². The van der Waals surface area contributed by atoms with Crippen LogP contribution in [0.5, 0.6) is 0 Å². The van der Waals surface area contributed by atoms with Gasteiger partial charge in [0, 0.05) is 5.41 Å². The van der Waals surface area contributed by atoms with Crippen LogP contribution in [-0.4, -0.2) is 24.4 Å². The summed E-state index contributed by atoms with van der Waals surface area (Å²) >= 11 is 0. The molecule has 4 rings (SSSR count). The number of benzene rings is 2. The molecule has 0 atom stereocenters. The highest BCUT2D eigenvalue weighted by molar-refractivity contribution is 5.65. The Bertz CT molecular complexity index is 1010. The fourth-order valence-electron chi connectivity index (χ4n) is 7.78. The summed E-state index contributed by atoms with van der Waals surface area (Å²) in [7, 11) is 0. The average Bonchev–Trinajstić information content (AvgIpc) is 2.92. The second kappa shape index (κ2) is 13.4. The molecule has 0 bridgehead atoms. The highest BCUT2D eigenvalue weighted by Crippen LogP contribution is 2.56. The van der Waals surface area contributed by atoms with Gasteiger partial charge >= 0.3 is 12.2 Å². The van der Waals surface area contributed by atoms with Gasteiger partial charge in [0.2, 0.25) is 0 Å². The SMILES string of the molecule is CCCc1ccccc1C(c1ccccc1CCC)(C1CCC(OC(N)=O)CC1)C1CCC(OC(N)=O)CC1. The van der Waals surface area contributed by atoms with Crippen molar-refractivity contribution in [2.75, 3.05) is 0 Å². The number of hydrogen-bond acceptors (Lipinski definition) is 4. The summed E-state index contributed by atoms with van der Waals surface area (Å²) < 4.78 is 10.9. The smallest absolute Gasteiger partial charge is 0.404 e. The lowest BCUT2D eigenvalue weighted by Crippen LogP contribution is -2.49. The lowest BCUT2D eigenvalue weighted by Gasteiger charge is -2.53. The Kier molecular flexibility index (Phi) is 9.93. The summed E-state index contributed by atoms with van der Waals surface area (Å²) in [5, 5.41) is 0. The fourth-order valence-corrected chi connectivity index (χ4v) is 7.78. The minimum absolute atomic E-state index is 0.118. The quantitative estimate of drug-likeness (QED) is 0.337. The zero-order valence-corrected chi connectivity index (χ0v) is 23.7. The van der Waals surface area contributed by atoms with Crippen LogP contribution in [0.15, 0.2) is 48.5 Å². The van der Waals surface area contributed by atoms with Gasteiger partial charge in [-0.2, -0.15) is 0 Å². The predicted molar refractivity (Wildman–Crippen MR) is 154 cm³/mol. The summed E-state index contributed by atoms with van der Waals surface area (Å²) in [4.78, 5) is 23.1. The Morgan fingerprint density at radius 2 is 1.03 bits per heavy atom. The average molecular weight is 535 g/mol. The van der Waals surface area contributed by atoms with Crippen molar-refractivity contribution in [3.63, 3.8) is 0 Å². The Morgan fingerprint density at radius 3 is 1.36 bits per heavy atom. The first-order valence-corrected chi connectivity index (χ1v) is 15.0. The molecule has 4 N–H and O–H groups in total. The van der Waals surface area contributed by atoms with Crippen LogP contribution in [0.2, 0.25) is 0 Å². The summed E-state index contributed by atoms with van der Waals surface area (Å²) in [6.07, 6.45) is 9.80. The van der Waals surface area contributed by atoms with Crippen LogP contribution in [0, 0.1) is 11.8 Å². The van der Waals surface area contributed by atoms with E-state index in [1.807, 2.05) is 0 Å². The Hall–Kier alpha value is -3.02. The van der Waals surface area contributed by atoms with E-state index in [2.05, 4.69) is 62.4 Å². The molecule has 2 aromatic carbocycles. The molecule has 2 saturated carbocycles. The van der Waals surface area contributed by atoms with Crippen LogP contribution >= 0.6 is 0 Å². The van der Waals surface area contributed by atoms with Gasteiger partial charge in [-0.15, -0.1) is 0 Å². The molecule has 6 nitrogen and oxygen atoms in total. The largest absolute Gasteiger partial charge is 0.446 e. The van der Waals surface area contributed by atoms with Crippen molar-refractivity contribution >= 4 is 12.2 Å². The van der Waals surface area contributed by atoms with Gasteiger partial charge in [0.1, 0.15) is 12.2 Å². The molecule has 2 fully saturated rings. The highest BCUT2D eigenvalue weighted by atomic mass is 16.6. The van der Waals surface area contributed by atoms with E-state index in [1.54, 1.807) is 0 Å². The normalized spacial score (nSPS) is 23.6. The van der Waals surface area contributed by atoms with Gasteiger partial charge in [-0.05, 0) is 98.3 Å². The maximum Gasteiger partial charge on any atom is 0.404 e. The molecule has 0 radical (unpaired) electrons. The van der Waals surface area contributed by atoms with Gasteiger partial charge in [0.25, 0.3) is 0 Å². The molecule has 0 unspecified atom stereocenters. The minimum atomic E-state index is -0.681. The van der Waals surface area contributed by atoms with Crippen LogP contribution < -0.4 is 11.5 Å². The van der Waals surface area contributed by atoms with E-state index in [9.17, 15) is 9.59 Å². The molecule has 212 valence electrons. The van der Waals surface area contributed by atoms with Crippen molar-refractivity contribution in [3.8, 4) is 0 Å². The van der Waals surface area contributed by atoms with Crippen LogP contribution in [-0.2, 0) is 27.7 Å². The second-order valence-electron chi connectivity index (χ2n) is 11.5. The molecule has 0 saturated heterocycles. The molecule has 6 heteroatoms. The first kappa shape index (κ1) is 29.0. The van der Waals surface area contributed by atoms with Gasteiger partial charge in [0.15, 0.2) is 0 Å². The molecule has 0 aromatic heterocycles. The number of amides is 2. The van der Waals surface area contributed by atoms with E-state index in [1.165, 1.54) is 22.3 Å². The Balaban J connectivity index is 1.88. The molecule has 0 aliphatic heterocycles. The van der Waals surface area contributed by atoms with Crippen molar-refractivity contribution in [2.24, 2.45) is 23.3 Å². The van der Waals surface area contributed by atoms with E-state index in [0.29, 0.717) is 11.8 Å². The third-order valence-electron chi connectivity index (χ3n) is 9.17. The first-order chi connectivity index (χ1) is 18.9. The number of hydrogen-bond donors (Lipinski definition) is 2. The minimum Gasteiger partial charge on any atom is -0.446 e. The van der Waals surface area contributed by atoms with Gasteiger partial charge in [-0.25, -0.2) is 9.59 Å². The Labute approximate surface area is 233 Å². The number of ether oxygens (including phenoxy) is 2. The number of nitrogens with two attached hydrogens (primary N) is 2. The third-order valence-corrected chi connectivity index (χ3v) is 9.17. The topological polar surface area (TPSA) is 105 Å². The van der Waals surface area contributed by atoms with Gasteiger partial charge < -0.3 is 20.9 Å². The number of carbonyl (C=O) groups excluding carboxylic acids is 2. The molecule has 2 amide bonds.